The normalized spacial score (nSPS) is 13.8. The number of benzene rings is 1. The van der Waals surface area contributed by atoms with Crippen LogP contribution in [0.1, 0.15) is 34.5 Å². The minimum absolute atomic E-state index is 0.0337. The first-order valence-electron chi connectivity index (χ1n) is 10.5. The third-order valence-electron chi connectivity index (χ3n) is 5.33. The van der Waals surface area contributed by atoms with Crippen LogP contribution in [0.2, 0.25) is 0 Å². The molecule has 1 saturated heterocycles. The standard InChI is InChI=1S/C23H25N5O4/c1-16-13-20(26-32-16)25-21(29)15-28-12-6-8-18(23(28)31)22(30)24-19-9-3-2-7-17(19)14-27-10-4-5-11-27/h2-3,6-9,12-13H,4-5,10-11,14-15H2,1H3,(H,24,30)(H,25,26,29). The van der Waals surface area contributed by atoms with Crippen molar-refractivity contribution in [3.63, 3.8) is 0 Å². The number of anilines is 2. The average Bonchev–Trinajstić information content (AvgIpc) is 3.42. The molecule has 9 heteroatoms. The quantitative estimate of drug-likeness (QED) is 0.591. The Morgan fingerprint density at radius 1 is 1.09 bits per heavy atom. The largest absolute Gasteiger partial charge is 0.360 e. The molecule has 9 nitrogen and oxygen atoms in total. The number of nitrogens with zero attached hydrogens (tertiary/aromatic N) is 3. The first kappa shape index (κ1) is 21.5. The van der Waals surface area contributed by atoms with E-state index >= 15 is 0 Å². The van der Waals surface area contributed by atoms with Crippen LogP contribution < -0.4 is 16.2 Å². The predicted molar refractivity (Wildman–Crippen MR) is 119 cm³/mol. The van der Waals surface area contributed by atoms with Crippen molar-refractivity contribution in [1.29, 1.82) is 0 Å². The van der Waals surface area contributed by atoms with Gasteiger partial charge in [0.1, 0.15) is 17.9 Å². The minimum atomic E-state index is -0.548. The van der Waals surface area contributed by atoms with Crippen LogP contribution in [0, 0.1) is 6.92 Å². The Labute approximate surface area is 185 Å². The lowest BCUT2D eigenvalue weighted by Gasteiger charge is -2.18. The smallest absolute Gasteiger partial charge is 0.263 e. The Morgan fingerprint density at radius 3 is 2.62 bits per heavy atom. The number of carbonyl (C=O) groups excluding carboxylic acids is 2. The van der Waals surface area contributed by atoms with Crippen LogP contribution in [0.15, 0.2) is 58.0 Å². The maximum atomic E-state index is 12.9. The van der Waals surface area contributed by atoms with Gasteiger partial charge in [-0.25, -0.2) is 0 Å². The molecule has 0 saturated carbocycles. The van der Waals surface area contributed by atoms with Gasteiger partial charge < -0.3 is 19.7 Å². The molecular formula is C23H25N5O4. The third kappa shape index (κ3) is 5.12. The van der Waals surface area contributed by atoms with E-state index in [0.29, 0.717) is 11.4 Å². The number of likely N-dealkylation sites (tertiary alicyclic amines) is 1. The molecule has 2 aromatic heterocycles. The fourth-order valence-electron chi connectivity index (χ4n) is 3.75. The molecule has 166 valence electrons. The molecule has 1 aliphatic heterocycles. The van der Waals surface area contributed by atoms with Gasteiger partial charge in [0.2, 0.25) is 5.91 Å². The summed E-state index contributed by atoms with van der Waals surface area (Å²) >= 11 is 0. The van der Waals surface area contributed by atoms with Crippen LogP contribution in [-0.2, 0) is 17.9 Å². The second kappa shape index (κ2) is 9.61. The number of carbonyl (C=O) groups is 2. The minimum Gasteiger partial charge on any atom is -0.360 e. The number of para-hydroxylation sites is 1. The van der Waals surface area contributed by atoms with E-state index in [-0.39, 0.29) is 17.9 Å². The van der Waals surface area contributed by atoms with Gasteiger partial charge in [-0.3, -0.25) is 19.3 Å². The lowest BCUT2D eigenvalue weighted by molar-refractivity contribution is -0.116. The molecule has 3 aromatic rings. The van der Waals surface area contributed by atoms with E-state index in [1.165, 1.54) is 29.7 Å². The summed E-state index contributed by atoms with van der Waals surface area (Å²) in [4.78, 5) is 40.3. The summed E-state index contributed by atoms with van der Waals surface area (Å²) in [7, 11) is 0. The number of rotatable bonds is 7. The lowest BCUT2D eigenvalue weighted by Crippen LogP contribution is -2.32. The second-order valence-corrected chi connectivity index (χ2v) is 7.82. The van der Waals surface area contributed by atoms with Crippen molar-refractivity contribution in [2.75, 3.05) is 23.7 Å². The molecule has 0 unspecified atom stereocenters. The van der Waals surface area contributed by atoms with E-state index in [9.17, 15) is 14.4 Å². The van der Waals surface area contributed by atoms with Crippen molar-refractivity contribution in [2.45, 2.75) is 32.9 Å². The van der Waals surface area contributed by atoms with Gasteiger partial charge in [0.25, 0.3) is 11.5 Å². The highest BCUT2D eigenvalue weighted by Gasteiger charge is 2.18. The molecule has 0 aliphatic carbocycles. The Hall–Kier alpha value is -3.72. The predicted octanol–water partition coefficient (Wildman–Crippen LogP) is 2.63. The zero-order valence-electron chi connectivity index (χ0n) is 17.8. The summed E-state index contributed by atoms with van der Waals surface area (Å²) in [6, 6.07) is 12.2. The van der Waals surface area contributed by atoms with Crippen LogP contribution >= 0.6 is 0 Å². The number of pyridine rings is 1. The topological polar surface area (TPSA) is 109 Å². The highest BCUT2D eigenvalue weighted by molar-refractivity contribution is 6.04. The summed E-state index contributed by atoms with van der Waals surface area (Å²) in [6.45, 7) is 4.29. The molecule has 32 heavy (non-hydrogen) atoms. The molecule has 1 aliphatic rings. The maximum absolute atomic E-state index is 12.9. The van der Waals surface area contributed by atoms with Crippen molar-refractivity contribution in [2.24, 2.45) is 0 Å². The number of nitrogens with one attached hydrogen (secondary N) is 2. The first-order chi connectivity index (χ1) is 15.5. The van der Waals surface area contributed by atoms with Gasteiger partial charge in [-0.1, -0.05) is 23.4 Å². The molecule has 3 heterocycles. The Kier molecular flexibility index (Phi) is 6.46. The third-order valence-corrected chi connectivity index (χ3v) is 5.33. The summed E-state index contributed by atoms with van der Waals surface area (Å²) in [5.41, 5.74) is 1.10. The fraction of sp³-hybridized carbons (Fsp3) is 0.304. The SMILES string of the molecule is Cc1cc(NC(=O)Cn2cccc(C(=O)Nc3ccccc3CN3CCCC3)c2=O)no1. The van der Waals surface area contributed by atoms with Crippen molar-refractivity contribution in [1.82, 2.24) is 14.6 Å². The number of aryl methyl sites for hydroxylation is 1. The molecule has 2 amide bonds. The lowest BCUT2D eigenvalue weighted by atomic mass is 10.1. The van der Waals surface area contributed by atoms with Crippen LogP contribution in [0.25, 0.3) is 0 Å². The van der Waals surface area contributed by atoms with Crippen LogP contribution in [0.4, 0.5) is 11.5 Å². The maximum Gasteiger partial charge on any atom is 0.263 e. The monoisotopic (exact) mass is 435 g/mol. The van der Waals surface area contributed by atoms with Crippen LogP contribution in [0.5, 0.6) is 0 Å². The Bertz CT molecular complexity index is 1180. The number of aromatic nitrogens is 2. The van der Waals surface area contributed by atoms with Gasteiger partial charge in [-0.2, -0.15) is 0 Å². The van der Waals surface area contributed by atoms with E-state index in [2.05, 4.69) is 20.7 Å². The van der Waals surface area contributed by atoms with E-state index in [4.69, 9.17) is 4.52 Å². The first-order valence-corrected chi connectivity index (χ1v) is 10.5. The second-order valence-electron chi connectivity index (χ2n) is 7.82. The van der Waals surface area contributed by atoms with Crippen molar-refractivity contribution < 1.29 is 14.1 Å². The van der Waals surface area contributed by atoms with Gasteiger partial charge in [-0.05, 0) is 56.6 Å². The summed E-state index contributed by atoms with van der Waals surface area (Å²) < 4.78 is 6.10. The molecule has 1 aromatic carbocycles. The highest BCUT2D eigenvalue weighted by atomic mass is 16.5. The average molecular weight is 435 g/mol. The van der Waals surface area contributed by atoms with Gasteiger partial charge >= 0.3 is 0 Å². The van der Waals surface area contributed by atoms with Crippen molar-refractivity contribution >= 4 is 23.3 Å². The van der Waals surface area contributed by atoms with E-state index in [0.717, 1.165) is 25.2 Å². The summed E-state index contributed by atoms with van der Waals surface area (Å²) in [6.07, 6.45) is 3.83. The molecule has 0 atom stereocenters. The molecule has 0 spiro atoms. The molecule has 0 radical (unpaired) electrons. The van der Waals surface area contributed by atoms with Crippen molar-refractivity contribution in [3.05, 3.63) is 75.9 Å². The molecule has 4 rings (SSSR count). The number of amides is 2. The van der Waals surface area contributed by atoms with Crippen molar-refractivity contribution in [3.8, 4) is 0 Å². The van der Waals surface area contributed by atoms with E-state index < -0.39 is 17.4 Å². The highest BCUT2D eigenvalue weighted by Crippen LogP contribution is 2.20. The number of hydrogen-bond donors (Lipinski definition) is 2. The van der Waals surface area contributed by atoms with Gasteiger partial charge in [0.05, 0.1) is 0 Å². The zero-order chi connectivity index (χ0) is 22.5. The molecule has 0 bridgehead atoms. The number of hydrogen-bond acceptors (Lipinski definition) is 6. The Balaban J connectivity index is 1.47. The molecular weight excluding hydrogens is 410 g/mol. The summed E-state index contributed by atoms with van der Waals surface area (Å²) in [5, 5.41) is 9.12. The van der Waals surface area contributed by atoms with E-state index in [1.807, 2.05) is 24.3 Å². The van der Waals surface area contributed by atoms with Gasteiger partial charge in [0, 0.05) is 24.5 Å². The van der Waals surface area contributed by atoms with Gasteiger partial charge in [0.15, 0.2) is 5.82 Å². The Morgan fingerprint density at radius 2 is 1.88 bits per heavy atom. The van der Waals surface area contributed by atoms with Crippen LogP contribution in [-0.4, -0.2) is 39.5 Å². The molecule has 2 N–H and O–H groups in total. The molecule has 1 fully saturated rings. The summed E-state index contributed by atoms with van der Waals surface area (Å²) in [5.74, 6) is -0.134. The zero-order valence-corrected chi connectivity index (χ0v) is 17.8. The van der Waals surface area contributed by atoms with E-state index in [1.54, 1.807) is 19.1 Å². The fourth-order valence-corrected chi connectivity index (χ4v) is 3.75. The van der Waals surface area contributed by atoms with Crippen LogP contribution in [0.3, 0.4) is 0 Å². The van der Waals surface area contributed by atoms with Gasteiger partial charge in [-0.15, -0.1) is 0 Å².